The number of nitrogens with zero attached hydrogens (tertiary/aromatic N) is 2. The summed E-state index contributed by atoms with van der Waals surface area (Å²) in [6.07, 6.45) is 3.84. The predicted molar refractivity (Wildman–Crippen MR) is 151 cm³/mol. The normalized spacial score (nSPS) is 17.7. The molecule has 2 aromatic carbocycles. The van der Waals surface area contributed by atoms with E-state index in [9.17, 15) is 14.4 Å². The number of hydrogen-bond acceptors (Lipinski definition) is 6. The van der Waals surface area contributed by atoms with Crippen LogP contribution in [-0.2, 0) is 9.59 Å². The van der Waals surface area contributed by atoms with E-state index in [1.54, 1.807) is 30.3 Å². The summed E-state index contributed by atoms with van der Waals surface area (Å²) in [5.41, 5.74) is 4.23. The summed E-state index contributed by atoms with van der Waals surface area (Å²) in [5.74, 6) is -0.300. The molecule has 0 atom stereocenters. The van der Waals surface area contributed by atoms with Crippen molar-refractivity contribution >= 4 is 63.4 Å². The maximum Gasteiger partial charge on any atom is 0.294 e. The molecule has 2 aromatic rings. The molecule has 9 heteroatoms. The van der Waals surface area contributed by atoms with E-state index in [0.29, 0.717) is 28.6 Å². The van der Waals surface area contributed by atoms with E-state index in [-0.39, 0.29) is 17.0 Å². The maximum absolute atomic E-state index is 13.0. The average molecular weight is 540 g/mol. The van der Waals surface area contributed by atoms with E-state index in [1.807, 2.05) is 19.1 Å². The Bertz CT molecular complexity index is 1320. The number of carbonyl (C=O) groups is 3. The van der Waals surface area contributed by atoms with Gasteiger partial charge in [0.15, 0.2) is 0 Å². The van der Waals surface area contributed by atoms with Crippen LogP contribution >= 0.6 is 23.4 Å². The maximum atomic E-state index is 13.0. The molecule has 37 heavy (non-hydrogen) atoms. The highest BCUT2D eigenvalue weighted by Crippen LogP contribution is 2.42. The molecule has 0 unspecified atom stereocenters. The second-order valence-electron chi connectivity index (χ2n) is 9.39. The third kappa shape index (κ3) is 5.55. The van der Waals surface area contributed by atoms with Crippen LogP contribution in [0.2, 0.25) is 5.02 Å². The lowest BCUT2D eigenvalue weighted by molar-refractivity contribution is -0.127. The minimum atomic E-state index is -0.519. The quantitative estimate of drug-likeness (QED) is 0.408. The number of benzene rings is 2. The Labute approximate surface area is 226 Å². The average Bonchev–Trinajstić information content (AvgIpc) is 3.08. The fraction of sp³-hybridized carbons (Fsp3) is 0.321. The van der Waals surface area contributed by atoms with Gasteiger partial charge in [0.2, 0.25) is 5.91 Å². The second kappa shape index (κ2) is 10.6. The number of allylic oxidation sites excluding steroid dienone is 1. The Morgan fingerprint density at radius 3 is 2.51 bits per heavy atom. The molecule has 1 N–H and O–H groups in total. The SMILES string of the molecule is CCOc1ccc(NC(=O)CN2C(=O)S/C(=C/c3cc4c(cc3Cl)N(CC)C(C)(C)C=C4C)C2=O)cc1. The number of hydrogen-bond donors (Lipinski definition) is 1. The molecule has 0 radical (unpaired) electrons. The fourth-order valence-corrected chi connectivity index (χ4v) is 5.77. The van der Waals surface area contributed by atoms with Gasteiger partial charge < -0.3 is 15.0 Å². The lowest BCUT2D eigenvalue weighted by Gasteiger charge is -2.43. The van der Waals surface area contributed by atoms with Gasteiger partial charge in [0, 0.05) is 28.5 Å². The van der Waals surface area contributed by atoms with Gasteiger partial charge in [-0.3, -0.25) is 19.3 Å². The summed E-state index contributed by atoms with van der Waals surface area (Å²) in [7, 11) is 0. The van der Waals surface area contributed by atoms with Gasteiger partial charge in [-0.25, -0.2) is 0 Å². The van der Waals surface area contributed by atoms with Crippen LogP contribution in [0.3, 0.4) is 0 Å². The largest absolute Gasteiger partial charge is 0.494 e. The highest BCUT2D eigenvalue weighted by Gasteiger charge is 2.37. The first-order valence-electron chi connectivity index (χ1n) is 12.1. The third-order valence-corrected chi connectivity index (χ3v) is 7.56. The van der Waals surface area contributed by atoms with Crippen LogP contribution in [0.5, 0.6) is 5.75 Å². The topological polar surface area (TPSA) is 79.0 Å². The van der Waals surface area contributed by atoms with Crippen molar-refractivity contribution < 1.29 is 19.1 Å². The van der Waals surface area contributed by atoms with Crippen LogP contribution in [-0.4, -0.2) is 47.2 Å². The fourth-order valence-electron chi connectivity index (χ4n) is 4.73. The molecule has 0 aromatic heterocycles. The van der Waals surface area contributed by atoms with E-state index < -0.39 is 17.1 Å². The van der Waals surface area contributed by atoms with Crippen molar-refractivity contribution in [2.24, 2.45) is 0 Å². The molecule has 2 aliphatic rings. The van der Waals surface area contributed by atoms with E-state index in [1.165, 1.54) is 0 Å². The van der Waals surface area contributed by atoms with Crippen molar-refractivity contribution in [3.05, 3.63) is 63.5 Å². The summed E-state index contributed by atoms with van der Waals surface area (Å²) < 4.78 is 5.39. The van der Waals surface area contributed by atoms with Gasteiger partial charge in [0.25, 0.3) is 11.1 Å². The van der Waals surface area contributed by atoms with Gasteiger partial charge in [-0.05, 0) is 100.0 Å². The summed E-state index contributed by atoms with van der Waals surface area (Å²) >= 11 is 7.45. The van der Waals surface area contributed by atoms with Crippen LogP contribution in [0.1, 0.15) is 45.7 Å². The minimum absolute atomic E-state index is 0.148. The van der Waals surface area contributed by atoms with Crippen molar-refractivity contribution in [1.82, 2.24) is 4.90 Å². The number of fused-ring (bicyclic) bond motifs is 1. The van der Waals surface area contributed by atoms with Crippen molar-refractivity contribution in [2.75, 3.05) is 29.9 Å². The highest BCUT2D eigenvalue weighted by molar-refractivity contribution is 8.18. The van der Waals surface area contributed by atoms with Crippen LogP contribution < -0.4 is 15.0 Å². The number of carbonyl (C=O) groups excluding carboxylic acids is 3. The highest BCUT2D eigenvalue weighted by atomic mass is 35.5. The van der Waals surface area contributed by atoms with Crippen molar-refractivity contribution in [2.45, 2.75) is 40.2 Å². The molecule has 0 bridgehead atoms. The minimum Gasteiger partial charge on any atom is -0.494 e. The Kier molecular flexibility index (Phi) is 7.71. The lowest BCUT2D eigenvalue weighted by atomic mass is 9.88. The first-order chi connectivity index (χ1) is 17.5. The van der Waals surface area contributed by atoms with Gasteiger partial charge >= 0.3 is 0 Å². The Balaban J connectivity index is 1.52. The van der Waals surface area contributed by atoms with Gasteiger partial charge in [-0.1, -0.05) is 17.7 Å². The number of amides is 3. The molecule has 0 aliphatic carbocycles. The Hall–Kier alpha value is -3.23. The van der Waals surface area contributed by atoms with Crippen LogP contribution in [0.15, 0.2) is 47.4 Å². The standard InChI is InChI=1S/C28H30ClN3O4S/c1-6-32-23-14-22(29)18(12-21(23)17(3)15-28(32,4)5)13-24-26(34)31(27(35)37-24)16-25(33)30-19-8-10-20(11-9-19)36-7-2/h8-15H,6-7,16H2,1-5H3,(H,30,33)/b24-13+. The van der Waals surface area contributed by atoms with Crippen molar-refractivity contribution in [3.63, 3.8) is 0 Å². The first-order valence-corrected chi connectivity index (χ1v) is 13.3. The third-order valence-electron chi connectivity index (χ3n) is 6.32. The lowest BCUT2D eigenvalue weighted by Crippen LogP contribution is -2.44. The Morgan fingerprint density at radius 2 is 1.86 bits per heavy atom. The number of imide groups is 1. The number of anilines is 2. The van der Waals surface area contributed by atoms with Crippen molar-refractivity contribution in [1.29, 1.82) is 0 Å². The predicted octanol–water partition coefficient (Wildman–Crippen LogP) is 6.44. The zero-order valence-corrected chi connectivity index (χ0v) is 23.1. The van der Waals surface area contributed by atoms with E-state index in [2.05, 4.69) is 44.0 Å². The second-order valence-corrected chi connectivity index (χ2v) is 10.8. The van der Waals surface area contributed by atoms with E-state index in [4.69, 9.17) is 16.3 Å². The number of thioether (sulfide) groups is 1. The summed E-state index contributed by atoms with van der Waals surface area (Å²) in [6.45, 7) is 11.3. The monoisotopic (exact) mass is 539 g/mol. The van der Waals surface area contributed by atoms with Gasteiger partial charge in [-0.15, -0.1) is 0 Å². The molecule has 1 saturated heterocycles. The Morgan fingerprint density at radius 1 is 1.16 bits per heavy atom. The molecule has 3 amide bonds. The number of nitrogens with one attached hydrogen (secondary N) is 1. The molecule has 2 aliphatic heterocycles. The van der Waals surface area contributed by atoms with Crippen LogP contribution in [0, 0.1) is 0 Å². The van der Waals surface area contributed by atoms with Crippen LogP contribution in [0.4, 0.5) is 16.2 Å². The summed E-state index contributed by atoms with van der Waals surface area (Å²) in [5, 5.41) is 2.70. The molecule has 0 saturated carbocycles. The number of rotatable bonds is 7. The summed E-state index contributed by atoms with van der Waals surface area (Å²) in [4.78, 5) is 41.6. The molecule has 194 valence electrons. The molecular weight excluding hydrogens is 510 g/mol. The number of ether oxygens (including phenoxy) is 1. The zero-order valence-electron chi connectivity index (χ0n) is 21.6. The molecule has 7 nitrogen and oxygen atoms in total. The molecule has 4 rings (SSSR count). The van der Waals surface area contributed by atoms with E-state index >= 15 is 0 Å². The zero-order chi connectivity index (χ0) is 26.9. The number of likely N-dealkylation sites (N-methyl/N-ethyl adjacent to an activating group) is 1. The van der Waals surface area contributed by atoms with Crippen LogP contribution in [0.25, 0.3) is 11.6 Å². The van der Waals surface area contributed by atoms with Gasteiger partial charge in [0.1, 0.15) is 12.3 Å². The van der Waals surface area contributed by atoms with Gasteiger partial charge in [-0.2, -0.15) is 0 Å². The van der Waals surface area contributed by atoms with Crippen molar-refractivity contribution in [3.8, 4) is 5.75 Å². The molecule has 1 fully saturated rings. The molecule has 0 spiro atoms. The summed E-state index contributed by atoms with van der Waals surface area (Å²) in [6, 6.07) is 10.7. The molecular formula is C28H30ClN3O4S. The number of halogens is 1. The smallest absolute Gasteiger partial charge is 0.294 e. The van der Waals surface area contributed by atoms with Gasteiger partial charge in [0.05, 0.1) is 17.1 Å². The molecule has 2 heterocycles. The first kappa shape index (κ1) is 26.8. The van der Waals surface area contributed by atoms with E-state index in [0.717, 1.165) is 40.0 Å².